The van der Waals surface area contributed by atoms with Crippen LogP contribution in [-0.2, 0) is 0 Å². The largest absolute Gasteiger partial charge is 0.493 e. The van der Waals surface area contributed by atoms with E-state index >= 15 is 0 Å². The van der Waals surface area contributed by atoms with Gasteiger partial charge in [0.05, 0.1) is 12.0 Å². The molecule has 166 valence electrons. The van der Waals surface area contributed by atoms with E-state index < -0.39 is 4.92 Å². The molecule has 0 atom stereocenters. The van der Waals surface area contributed by atoms with Crippen LogP contribution in [0.15, 0.2) is 78.2 Å². The van der Waals surface area contributed by atoms with Gasteiger partial charge in [0, 0.05) is 32.8 Å². The molecular weight excluding hydrogens is 464 g/mol. The lowest BCUT2D eigenvalue weighted by molar-refractivity contribution is -0.385. The molecule has 0 fully saturated rings. The van der Waals surface area contributed by atoms with Crippen LogP contribution in [0.5, 0.6) is 17.2 Å². The minimum atomic E-state index is -0.583. The molecule has 0 bridgehead atoms. The molecule has 1 heterocycles. The first-order chi connectivity index (χ1) is 16.0. The normalized spacial score (nSPS) is 10.5. The highest BCUT2D eigenvalue weighted by atomic mass is 35.5. The summed E-state index contributed by atoms with van der Waals surface area (Å²) in [4.78, 5) is 24.7. The molecule has 1 N–H and O–H groups in total. The standard InChI is InChI=1S/C24H17ClN2O5S/c1-31-22-13-15(8-10-21(22)32-20-11-9-16(25)14-19(20)27(29)30)24(28)26-18-6-3-2-5-17(18)23-7-4-12-33-23/h2-14H,1H3,(H,26,28). The summed E-state index contributed by atoms with van der Waals surface area (Å²) in [5, 5.41) is 16.5. The summed E-state index contributed by atoms with van der Waals surface area (Å²) in [7, 11) is 1.42. The van der Waals surface area contributed by atoms with Gasteiger partial charge in [-0.15, -0.1) is 11.3 Å². The number of nitro benzene ring substituents is 1. The van der Waals surface area contributed by atoms with Crippen LogP contribution in [0.3, 0.4) is 0 Å². The Hall–Kier alpha value is -3.88. The van der Waals surface area contributed by atoms with Crippen molar-refractivity contribution in [2.75, 3.05) is 12.4 Å². The maximum Gasteiger partial charge on any atom is 0.313 e. The number of anilines is 1. The molecule has 0 saturated heterocycles. The number of para-hydroxylation sites is 1. The zero-order valence-electron chi connectivity index (χ0n) is 17.3. The summed E-state index contributed by atoms with van der Waals surface area (Å²) < 4.78 is 11.1. The summed E-state index contributed by atoms with van der Waals surface area (Å²) in [5.74, 6) is 0.142. The molecule has 0 spiro atoms. The molecule has 1 amide bonds. The van der Waals surface area contributed by atoms with Crippen molar-refractivity contribution in [3.8, 4) is 27.7 Å². The number of methoxy groups -OCH3 is 1. The van der Waals surface area contributed by atoms with Crippen molar-refractivity contribution < 1.29 is 19.2 Å². The highest BCUT2D eigenvalue weighted by Gasteiger charge is 2.19. The Labute approximate surface area is 198 Å². The van der Waals surface area contributed by atoms with Crippen molar-refractivity contribution in [3.63, 3.8) is 0 Å². The van der Waals surface area contributed by atoms with E-state index in [9.17, 15) is 14.9 Å². The van der Waals surface area contributed by atoms with Gasteiger partial charge in [0.15, 0.2) is 11.5 Å². The van der Waals surface area contributed by atoms with E-state index in [0.29, 0.717) is 11.3 Å². The zero-order valence-corrected chi connectivity index (χ0v) is 18.9. The minimum absolute atomic E-state index is 0.00442. The molecule has 0 saturated carbocycles. The van der Waals surface area contributed by atoms with Crippen LogP contribution in [0.4, 0.5) is 11.4 Å². The zero-order chi connectivity index (χ0) is 23.4. The molecule has 4 aromatic rings. The number of benzene rings is 3. The molecule has 0 unspecified atom stereocenters. The molecule has 4 rings (SSSR count). The molecular formula is C24H17ClN2O5S. The van der Waals surface area contributed by atoms with Gasteiger partial charge in [0.2, 0.25) is 5.75 Å². The maximum atomic E-state index is 12.9. The van der Waals surface area contributed by atoms with Crippen molar-refractivity contribution >= 4 is 40.2 Å². The fourth-order valence-corrected chi connectivity index (χ4v) is 4.10. The first-order valence-corrected chi connectivity index (χ1v) is 11.0. The first-order valence-electron chi connectivity index (χ1n) is 9.70. The number of thiophene rings is 1. The number of amides is 1. The second kappa shape index (κ2) is 9.72. The molecule has 7 nitrogen and oxygen atoms in total. The third-order valence-electron chi connectivity index (χ3n) is 4.73. The van der Waals surface area contributed by atoms with Crippen LogP contribution in [0.1, 0.15) is 10.4 Å². The summed E-state index contributed by atoms with van der Waals surface area (Å²) >= 11 is 7.44. The van der Waals surface area contributed by atoms with E-state index in [4.69, 9.17) is 21.1 Å². The quantitative estimate of drug-likeness (QED) is 0.226. The molecule has 1 aromatic heterocycles. The second-order valence-corrected chi connectivity index (χ2v) is 8.20. The Morgan fingerprint density at radius 3 is 2.52 bits per heavy atom. The van der Waals surface area contributed by atoms with E-state index in [1.54, 1.807) is 17.4 Å². The average Bonchev–Trinajstić information content (AvgIpc) is 3.35. The number of nitro groups is 1. The Morgan fingerprint density at radius 2 is 1.79 bits per heavy atom. The lowest BCUT2D eigenvalue weighted by atomic mass is 10.1. The van der Waals surface area contributed by atoms with Crippen LogP contribution in [0.25, 0.3) is 10.4 Å². The van der Waals surface area contributed by atoms with Crippen LogP contribution in [0, 0.1) is 10.1 Å². The molecule has 0 radical (unpaired) electrons. The van der Waals surface area contributed by atoms with Crippen LogP contribution in [0.2, 0.25) is 5.02 Å². The number of hydrogen-bond acceptors (Lipinski definition) is 6. The summed E-state index contributed by atoms with van der Waals surface area (Å²) in [6.45, 7) is 0. The van der Waals surface area contributed by atoms with E-state index in [1.807, 2.05) is 41.8 Å². The van der Waals surface area contributed by atoms with Crippen molar-refractivity contribution in [2.45, 2.75) is 0 Å². The number of rotatable bonds is 7. The van der Waals surface area contributed by atoms with Gasteiger partial charge >= 0.3 is 5.69 Å². The number of carbonyl (C=O) groups is 1. The van der Waals surface area contributed by atoms with Gasteiger partial charge in [-0.2, -0.15) is 0 Å². The number of ether oxygens (including phenoxy) is 2. The number of halogens is 1. The van der Waals surface area contributed by atoms with Crippen molar-refractivity contribution in [1.29, 1.82) is 0 Å². The van der Waals surface area contributed by atoms with Gasteiger partial charge in [-0.3, -0.25) is 14.9 Å². The van der Waals surface area contributed by atoms with Crippen molar-refractivity contribution in [3.05, 3.63) is 98.9 Å². The van der Waals surface area contributed by atoms with Gasteiger partial charge in [-0.1, -0.05) is 35.9 Å². The molecule has 0 aliphatic heterocycles. The first kappa shape index (κ1) is 22.3. The second-order valence-electron chi connectivity index (χ2n) is 6.81. The van der Waals surface area contributed by atoms with Crippen LogP contribution in [-0.4, -0.2) is 17.9 Å². The van der Waals surface area contributed by atoms with Gasteiger partial charge in [-0.05, 0) is 47.8 Å². The predicted octanol–water partition coefficient (Wildman–Crippen LogP) is 7.03. The monoisotopic (exact) mass is 480 g/mol. The van der Waals surface area contributed by atoms with Gasteiger partial charge < -0.3 is 14.8 Å². The fraction of sp³-hybridized carbons (Fsp3) is 0.0417. The third kappa shape index (κ3) is 4.97. The highest BCUT2D eigenvalue weighted by Crippen LogP contribution is 2.38. The molecule has 3 aromatic carbocycles. The average molecular weight is 481 g/mol. The van der Waals surface area contributed by atoms with Crippen molar-refractivity contribution in [2.24, 2.45) is 0 Å². The highest BCUT2D eigenvalue weighted by molar-refractivity contribution is 7.13. The number of carbonyl (C=O) groups excluding carboxylic acids is 1. The van der Waals surface area contributed by atoms with Gasteiger partial charge in [0.1, 0.15) is 0 Å². The van der Waals surface area contributed by atoms with E-state index in [-0.39, 0.29) is 33.9 Å². The Bertz CT molecular complexity index is 1320. The van der Waals surface area contributed by atoms with E-state index in [0.717, 1.165) is 10.4 Å². The fourth-order valence-electron chi connectivity index (χ4n) is 3.16. The molecule has 9 heteroatoms. The smallest absolute Gasteiger partial charge is 0.313 e. The minimum Gasteiger partial charge on any atom is -0.493 e. The summed E-state index contributed by atoms with van der Waals surface area (Å²) in [6.07, 6.45) is 0. The molecule has 0 aliphatic rings. The van der Waals surface area contributed by atoms with E-state index in [1.165, 1.54) is 37.4 Å². The Balaban J connectivity index is 1.59. The summed E-state index contributed by atoms with van der Waals surface area (Å²) in [6, 6.07) is 20.2. The Morgan fingerprint density at radius 1 is 1.00 bits per heavy atom. The predicted molar refractivity (Wildman–Crippen MR) is 129 cm³/mol. The topological polar surface area (TPSA) is 90.7 Å². The Kier molecular flexibility index (Phi) is 6.58. The SMILES string of the molecule is COc1cc(C(=O)Nc2ccccc2-c2cccs2)ccc1Oc1ccc(Cl)cc1[N+](=O)[O-]. The van der Waals surface area contributed by atoms with Gasteiger partial charge in [0.25, 0.3) is 5.91 Å². The number of nitrogens with zero attached hydrogens (tertiary/aromatic N) is 1. The lowest BCUT2D eigenvalue weighted by Crippen LogP contribution is -2.12. The van der Waals surface area contributed by atoms with Gasteiger partial charge in [-0.25, -0.2) is 0 Å². The van der Waals surface area contributed by atoms with Crippen molar-refractivity contribution in [1.82, 2.24) is 0 Å². The summed E-state index contributed by atoms with van der Waals surface area (Å²) in [5.41, 5.74) is 1.66. The number of hydrogen-bond donors (Lipinski definition) is 1. The third-order valence-corrected chi connectivity index (χ3v) is 5.86. The van der Waals surface area contributed by atoms with Crippen LogP contribution < -0.4 is 14.8 Å². The maximum absolute atomic E-state index is 12.9. The molecule has 0 aliphatic carbocycles. The number of nitrogens with one attached hydrogen (secondary N) is 1. The lowest BCUT2D eigenvalue weighted by Gasteiger charge is -2.13. The van der Waals surface area contributed by atoms with Crippen LogP contribution >= 0.6 is 22.9 Å². The molecule has 33 heavy (non-hydrogen) atoms. The van der Waals surface area contributed by atoms with E-state index in [2.05, 4.69) is 5.32 Å².